The summed E-state index contributed by atoms with van der Waals surface area (Å²) in [6.45, 7) is 11.6. The number of hydrogen-bond acceptors (Lipinski definition) is 6. The maximum Gasteiger partial charge on any atom is 0.254 e. The fraction of sp³-hybridized carbons (Fsp3) is 0.462. The molecule has 0 unspecified atom stereocenters. The molecule has 7 nitrogen and oxygen atoms in total. The average molecular weight is 455 g/mol. The Bertz CT molecular complexity index is 920. The van der Waals surface area contributed by atoms with Crippen LogP contribution in [0.25, 0.3) is 0 Å². The molecule has 0 spiro atoms. The predicted molar refractivity (Wildman–Crippen MR) is 134 cm³/mol. The summed E-state index contributed by atoms with van der Waals surface area (Å²) < 4.78 is 5.35. The number of carbonyl (C=O) groups excluding carboxylic acids is 1. The fourth-order valence-corrected chi connectivity index (χ4v) is 3.29. The number of benzene rings is 2. The molecule has 33 heavy (non-hydrogen) atoms. The van der Waals surface area contributed by atoms with Gasteiger partial charge >= 0.3 is 0 Å². The quantitative estimate of drug-likeness (QED) is 0.401. The number of likely N-dealkylation sites (N-methyl/N-ethyl adjacent to an activating group) is 2. The second-order valence-electron chi connectivity index (χ2n) is 9.34. The summed E-state index contributed by atoms with van der Waals surface area (Å²) in [5, 5.41) is 14.1. The summed E-state index contributed by atoms with van der Waals surface area (Å²) in [6, 6.07) is 13.9. The molecule has 0 heterocycles. The lowest BCUT2D eigenvalue weighted by Crippen LogP contribution is -2.37. The number of phenolic OH excluding ortho intramolecular Hbond substituents is 1. The van der Waals surface area contributed by atoms with Crippen LogP contribution in [0.4, 0.5) is 0 Å². The first-order valence-electron chi connectivity index (χ1n) is 11.3. The second-order valence-corrected chi connectivity index (χ2v) is 9.34. The number of amides is 1. The highest BCUT2D eigenvalue weighted by atomic mass is 16.5. The largest absolute Gasteiger partial charge is 0.504 e. The normalized spacial score (nSPS) is 12.0. The summed E-state index contributed by atoms with van der Waals surface area (Å²) in [5.74, 6) is 0.182. The highest BCUT2D eigenvalue weighted by Gasteiger charge is 2.13. The van der Waals surface area contributed by atoms with E-state index in [4.69, 9.17) is 4.74 Å². The van der Waals surface area contributed by atoms with Crippen molar-refractivity contribution < 1.29 is 14.6 Å². The summed E-state index contributed by atoms with van der Waals surface area (Å²) in [7, 11) is 3.99. The number of ether oxygens (including phenoxy) is 1. The predicted octanol–water partition coefficient (Wildman–Crippen LogP) is 3.60. The Balaban J connectivity index is 1.74. The zero-order valence-corrected chi connectivity index (χ0v) is 20.8. The zero-order chi connectivity index (χ0) is 24.4. The van der Waals surface area contributed by atoms with Crippen LogP contribution in [-0.4, -0.2) is 67.4 Å². The van der Waals surface area contributed by atoms with E-state index in [1.807, 2.05) is 18.9 Å². The monoisotopic (exact) mass is 454 g/mol. The topological polar surface area (TPSA) is 77.4 Å². The minimum atomic E-state index is -0.213. The molecular weight excluding hydrogens is 416 g/mol. The molecule has 0 radical (unpaired) electrons. The van der Waals surface area contributed by atoms with E-state index in [1.54, 1.807) is 18.2 Å². The maximum absolute atomic E-state index is 12.2. The number of nitrogens with zero attached hydrogens (tertiary/aromatic N) is 3. The van der Waals surface area contributed by atoms with E-state index in [2.05, 4.69) is 67.5 Å². The SMILES string of the molecule is CCOc1cccc(/C=N/NC(=O)CN(C)CCN(C)Cc2ccc(C(C)(C)C)cc2)c1O. The van der Waals surface area contributed by atoms with E-state index >= 15 is 0 Å². The first-order chi connectivity index (χ1) is 15.6. The van der Waals surface area contributed by atoms with Crippen LogP contribution in [0, 0.1) is 0 Å². The smallest absolute Gasteiger partial charge is 0.254 e. The van der Waals surface area contributed by atoms with Gasteiger partial charge in [-0.2, -0.15) is 5.10 Å². The Morgan fingerprint density at radius 1 is 1.09 bits per heavy atom. The van der Waals surface area contributed by atoms with Crippen LogP contribution in [0.3, 0.4) is 0 Å². The first-order valence-corrected chi connectivity index (χ1v) is 11.3. The van der Waals surface area contributed by atoms with E-state index in [0.717, 1.165) is 19.6 Å². The number of hydrogen-bond donors (Lipinski definition) is 2. The molecule has 2 rings (SSSR count). The third-order valence-corrected chi connectivity index (χ3v) is 5.27. The van der Waals surface area contributed by atoms with Crippen LogP contribution in [-0.2, 0) is 16.8 Å². The summed E-state index contributed by atoms with van der Waals surface area (Å²) in [4.78, 5) is 16.4. The van der Waals surface area contributed by atoms with Gasteiger partial charge in [0, 0.05) is 25.2 Å². The van der Waals surface area contributed by atoms with Gasteiger partial charge in [0.15, 0.2) is 11.5 Å². The van der Waals surface area contributed by atoms with Crippen molar-refractivity contribution in [3.8, 4) is 11.5 Å². The summed E-state index contributed by atoms with van der Waals surface area (Å²) >= 11 is 0. The van der Waals surface area contributed by atoms with Gasteiger partial charge in [-0.3, -0.25) is 9.69 Å². The lowest BCUT2D eigenvalue weighted by Gasteiger charge is -2.22. The molecule has 2 N–H and O–H groups in total. The molecular formula is C26H38N4O3. The van der Waals surface area contributed by atoms with Crippen molar-refractivity contribution in [3.63, 3.8) is 0 Å². The van der Waals surface area contributed by atoms with Gasteiger partial charge in [0.25, 0.3) is 5.91 Å². The number of hydrazone groups is 1. The molecule has 0 aliphatic heterocycles. The van der Waals surface area contributed by atoms with E-state index in [9.17, 15) is 9.90 Å². The minimum absolute atomic E-state index is 0.00514. The van der Waals surface area contributed by atoms with Crippen LogP contribution < -0.4 is 10.2 Å². The van der Waals surface area contributed by atoms with Crippen LogP contribution in [0.5, 0.6) is 11.5 Å². The molecule has 2 aromatic carbocycles. The molecule has 1 amide bonds. The Morgan fingerprint density at radius 2 is 1.76 bits per heavy atom. The van der Waals surface area contributed by atoms with Gasteiger partial charge in [-0.1, -0.05) is 51.1 Å². The van der Waals surface area contributed by atoms with Crippen molar-refractivity contribution in [1.82, 2.24) is 15.2 Å². The van der Waals surface area contributed by atoms with Crippen LogP contribution in [0.1, 0.15) is 44.4 Å². The molecule has 0 aliphatic rings. The number of aromatic hydroxyl groups is 1. The molecule has 0 atom stereocenters. The number of rotatable bonds is 11. The van der Waals surface area contributed by atoms with Gasteiger partial charge < -0.3 is 14.7 Å². The van der Waals surface area contributed by atoms with Gasteiger partial charge in [0.05, 0.1) is 19.4 Å². The summed E-state index contributed by atoms with van der Waals surface area (Å²) in [5.41, 5.74) is 5.75. The van der Waals surface area contributed by atoms with Crippen LogP contribution in [0.15, 0.2) is 47.6 Å². The standard InChI is InChI=1S/C26H38N4O3/c1-7-33-23-10-8-9-21(25(23)32)17-27-28-24(31)19-30(6)16-15-29(5)18-20-11-13-22(14-12-20)26(2,3)4/h8-14,17,32H,7,15-16,18-19H2,1-6H3,(H,28,31)/b27-17+. The number of para-hydroxylation sites is 1. The van der Waals surface area contributed by atoms with E-state index in [0.29, 0.717) is 17.9 Å². The van der Waals surface area contributed by atoms with Crippen molar-refractivity contribution in [2.75, 3.05) is 40.3 Å². The molecule has 0 aromatic heterocycles. The minimum Gasteiger partial charge on any atom is -0.504 e. The Morgan fingerprint density at radius 3 is 2.39 bits per heavy atom. The van der Waals surface area contributed by atoms with Crippen molar-refractivity contribution in [1.29, 1.82) is 0 Å². The van der Waals surface area contributed by atoms with Gasteiger partial charge in [-0.05, 0) is 49.7 Å². The van der Waals surface area contributed by atoms with Crippen molar-refractivity contribution >= 4 is 12.1 Å². The molecule has 0 aliphatic carbocycles. The molecule has 0 saturated carbocycles. The van der Waals surface area contributed by atoms with Crippen molar-refractivity contribution in [2.45, 2.75) is 39.7 Å². The molecule has 0 bridgehead atoms. The molecule has 0 saturated heterocycles. The van der Waals surface area contributed by atoms with Crippen LogP contribution >= 0.6 is 0 Å². The summed E-state index contributed by atoms with van der Waals surface area (Å²) in [6.07, 6.45) is 1.41. The Hall–Kier alpha value is -2.90. The maximum atomic E-state index is 12.2. The van der Waals surface area contributed by atoms with Crippen molar-refractivity contribution in [2.24, 2.45) is 5.10 Å². The molecule has 7 heteroatoms. The lowest BCUT2D eigenvalue weighted by molar-refractivity contribution is -0.121. The first kappa shape index (κ1) is 26.4. The third kappa shape index (κ3) is 8.86. The van der Waals surface area contributed by atoms with Gasteiger partial charge in [-0.15, -0.1) is 0 Å². The fourth-order valence-electron chi connectivity index (χ4n) is 3.29. The van der Waals surface area contributed by atoms with Gasteiger partial charge in [0.1, 0.15) is 0 Å². The van der Waals surface area contributed by atoms with Gasteiger partial charge in [0.2, 0.25) is 0 Å². The second kappa shape index (κ2) is 12.4. The number of carbonyl (C=O) groups is 1. The van der Waals surface area contributed by atoms with E-state index in [-0.39, 0.29) is 23.6 Å². The van der Waals surface area contributed by atoms with Crippen LogP contribution in [0.2, 0.25) is 0 Å². The van der Waals surface area contributed by atoms with E-state index < -0.39 is 0 Å². The molecule has 180 valence electrons. The lowest BCUT2D eigenvalue weighted by atomic mass is 9.87. The molecule has 0 fully saturated rings. The number of nitrogens with one attached hydrogen (secondary N) is 1. The average Bonchev–Trinajstić information content (AvgIpc) is 2.75. The van der Waals surface area contributed by atoms with E-state index in [1.165, 1.54) is 17.3 Å². The number of phenols is 1. The Labute approximate surface area is 198 Å². The highest BCUT2D eigenvalue weighted by molar-refractivity contribution is 5.86. The highest BCUT2D eigenvalue weighted by Crippen LogP contribution is 2.28. The van der Waals surface area contributed by atoms with Crippen molar-refractivity contribution in [3.05, 3.63) is 59.2 Å². The van der Waals surface area contributed by atoms with Gasteiger partial charge in [-0.25, -0.2) is 5.43 Å². The molecule has 2 aromatic rings. The third-order valence-electron chi connectivity index (χ3n) is 5.27. The Kier molecular flexibility index (Phi) is 9.88. The zero-order valence-electron chi connectivity index (χ0n) is 20.8.